The Hall–Kier alpha value is -2.26. The van der Waals surface area contributed by atoms with Gasteiger partial charge >= 0.3 is 0 Å². The molecule has 0 saturated heterocycles. The van der Waals surface area contributed by atoms with Crippen LogP contribution in [0.2, 0.25) is 0 Å². The molecule has 1 aliphatic carbocycles. The van der Waals surface area contributed by atoms with Gasteiger partial charge in [0.05, 0.1) is 6.61 Å². The molecule has 0 bridgehead atoms. The van der Waals surface area contributed by atoms with E-state index in [4.69, 9.17) is 9.72 Å². The third-order valence-electron chi connectivity index (χ3n) is 4.64. The third-order valence-corrected chi connectivity index (χ3v) is 6.03. The SMILES string of the molecule is CS(C)(C)CCOCn1c(C2CC2)nc2c(NCc3cncnc3)ncnc21. The average molecular weight is 402 g/mol. The molecule has 3 heterocycles. The van der Waals surface area contributed by atoms with Crippen LogP contribution in [-0.4, -0.2) is 60.6 Å². The van der Waals surface area contributed by atoms with Gasteiger partial charge in [-0.05, 0) is 31.6 Å². The molecule has 1 saturated carbocycles. The van der Waals surface area contributed by atoms with Crippen LogP contribution >= 0.6 is 10.0 Å². The van der Waals surface area contributed by atoms with Crippen molar-refractivity contribution in [2.24, 2.45) is 0 Å². The molecule has 0 atom stereocenters. The van der Waals surface area contributed by atoms with Gasteiger partial charge in [-0.15, -0.1) is 0 Å². The Morgan fingerprint density at radius 1 is 1.14 bits per heavy atom. The lowest BCUT2D eigenvalue weighted by molar-refractivity contribution is 0.0899. The molecule has 4 rings (SSSR count). The van der Waals surface area contributed by atoms with Crippen LogP contribution in [0.1, 0.15) is 30.1 Å². The number of anilines is 1. The van der Waals surface area contributed by atoms with Gasteiger partial charge in [-0.3, -0.25) is 4.57 Å². The Morgan fingerprint density at radius 2 is 1.93 bits per heavy atom. The summed E-state index contributed by atoms with van der Waals surface area (Å²) in [6.07, 6.45) is 16.0. The monoisotopic (exact) mass is 401 g/mol. The van der Waals surface area contributed by atoms with Gasteiger partial charge in [0.15, 0.2) is 17.0 Å². The van der Waals surface area contributed by atoms with E-state index in [1.54, 1.807) is 18.7 Å². The maximum atomic E-state index is 6.00. The van der Waals surface area contributed by atoms with Crippen LogP contribution in [0.4, 0.5) is 5.82 Å². The molecule has 1 N–H and O–H groups in total. The van der Waals surface area contributed by atoms with E-state index in [1.165, 1.54) is 19.2 Å². The minimum absolute atomic E-state index is 0.487. The van der Waals surface area contributed by atoms with Crippen LogP contribution in [0.25, 0.3) is 11.2 Å². The molecule has 0 amide bonds. The maximum absolute atomic E-state index is 6.00. The number of nitrogens with zero attached hydrogens (tertiary/aromatic N) is 6. The predicted molar refractivity (Wildman–Crippen MR) is 113 cm³/mol. The van der Waals surface area contributed by atoms with E-state index < -0.39 is 10.0 Å². The summed E-state index contributed by atoms with van der Waals surface area (Å²) in [6, 6.07) is 0. The number of imidazole rings is 1. The summed E-state index contributed by atoms with van der Waals surface area (Å²) >= 11 is 0. The molecule has 0 aromatic carbocycles. The molecule has 0 unspecified atom stereocenters. The zero-order chi connectivity index (χ0) is 19.6. The van der Waals surface area contributed by atoms with E-state index in [9.17, 15) is 0 Å². The lowest BCUT2D eigenvalue weighted by Gasteiger charge is -2.24. The molecule has 1 aliphatic rings. The van der Waals surface area contributed by atoms with Crippen molar-refractivity contribution < 1.29 is 4.74 Å². The Morgan fingerprint density at radius 3 is 2.64 bits per heavy atom. The van der Waals surface area contributed by atoms with Crippen LogP contribution in [0, 0.1) is 0 Å². The van der Waals surface area contributed by atoms with E-state index in [1.807, 2.05) is 0 Å². The first kappa shape index (κ1) is 19.1. The number of nitrogens with one attached hydrogen (secondary N) is 1. The molecular formula is C19H27N7OS. The number of hydrogen-bond donors (Lipinski definition) is 1. The highest BCUT2D eigenvalue weighted by Gasteiger charge is 2.30. The van der Waals surface area contributed by atoms with Crippen molar-refractivity contribution in [1.29, 1.82) is 0 Å². The standard InChI is InChI=1S/C19H27N7OS/c1-28(2,3)7-6-27-13-26-18(15-4-5-15)25-16-17(23-12-24-19(16)26)22-10-14-8-20-11-21-9-14/h8-9,11-12,15H,4-7,10,13H2,1-3H3,(H,22,23,24). The number of hydrogen-bond acceptors (Lipinski definition) is 7. The van der Waals surface area contributed by atoms with Crippen molar-refractivity contribution in [2.45, 2.75) is 32.0 Å². The van der Waals surface area contributed by atoms with Crippen molar-refractivity contribution >= 4 is 27.0 Å². The first-order valence-corrected chi connectivity index (χ1v) is 12.5. The maximum Gasteiger partial charge on any atom is 0.167 e. The van der Waals surface area contributed by atoms with Crippen molar-refractivity contribution in [3.05, 3.63) is 36.4 Å². The normalized spacial score (nSPS) is 15.1. The van der Waals surface area contributed by atoms with Crippen molar-refractivity contribution in [1.82, 2.24) is 29.5 Å². The molecule has 3 aromatic heterocycles. The zero-order valence-corrected chi connectivity index (χ0v) is 17.4. The smallest absolute Gasteiger partial charge is 0.167 e. The molecule has 3 aromatic rings. The van der Waals surface area contributed by atoms with Gasteiger partial charge in [0, 0.05) is 36.2 Å². The van der Waals surface area contributed by atoms with Crippen LogP contribution in [0.3, 0.4) is 0 Å². The van der Waals surface area contributed by atoms with E-state index in [0.717, 1.165) is 40.7 Å². The summed E-state index contributed by atoms with van der Waals surface area (Å²) < 4.78 is 8.11. The summed E-state index contributed by atoms with van der Waals surface area (Å²) in [7, 11) is -0.558. The van der Waals surface area contributed by atoms with Crippen LogP contribution in [-0.2, 0) is 18.0 Å². The molecule has 9 heteroatoms. The highest BCUT2D eigenvalue weighted by molar-refractivity contribution is 8.32. The molecule has 1 fully saturated rings. The minimum atomic E-state index is -0.558. The molecule has 8 nitrogen and oxygen atoms in total. The molecule has 0 spiro atoms. The number of rotatable bonds is 9. The fraction of sp³-hybridized carbons (Fsp3) is 0.526. The van der Waals surface area contributed by atoms with Crippen molar-refractivity contribution in [3.8, 4) is 0 Å². The molecular weight excluding hydrogens is 374 g/mol. The second-order valence-corrected chi connectivity index (χ2v) is 12.6. The highest BCUT2D eigenvalue weighted by Crippen LogP contribution is 2.41. The van der Waals surface area contributed by atoms with Gasteiger partial charge in [0.25, 0.3) is 0 Å². The van der Waals surface area contributed by atoms with Crippen LogP contribution in [0.15, 0.2) is 25.0 Å². The molecule has 150 valence electrons. The Balaban J connectivity index is 1.54. The Labute approximate surface area is 166 Å². The first-order valence-electron chi connectivity index (χ1n) is 9.44. The lowest BCUT2D eigenvalue weighted by atomic mass is 10.3. The average Bonchev–Trinajstić information content (AvgIpc) is 3.45. The fourth-order valence-electron chi connectivity index (χ4n) is 2.94. The fourth-order valence-corrected chi connectivity index (χ4v) is 3.55. The van der Waals surface area contributed by atoms with E-state index in [0.29, 0.717) is 19.2 Å². The van der Waals surface area contributed by atoms with Crippen molar-refractivity contribution in [3.63, 3.8) is 0 Å². The lowest BCUT2D eigenvalue weighted by Crippen LogP contribution is -2.12. The topological polar surface area (TPSA) is 90.6 Å². The number of fused-ring (bicyclic) bond motifs is 1. The minimum Gasteiger partial charge on any atom is -0.364 e. The van der Waals surface area contributed by atoms with Gasteiger partial charge in [-0.25, -0.2) is 34.9 Å². The van der Waals surface area contributed by atoms with E-state index in [2.05, 4.69) is 48.6 Å². The third kappa shape index (κ3) is 4.59. The van der Waals surface area contributed by atoms with Gasteiger partial charge in [-0.1, -0.05) is 0 Å². The largest absolute Gasteiger partial charge is 0.364 e. The number of aromatic nitrogens is 6. The number of ether oxygens (including phenoxy) is 1. The molecule has 28 heavy (non-hydrogen) atoms. The molecule has 0 aliphatic heterocycles. The summed E-state index contributed by atoms with van der Waals surface area (Å²) in [6.45, 7) is 1.83. The second kappa shape index (κ2) is 8.00. The molecule has 0 radical (unpaired) electrons. The zero-order valence-electron chi connectivity index (χ0n) is 16.6. The van der Waals surface area contributed by atoms with Crippen molar-refractivity contribution in [2.75, 3.05) is 36.4 Å². The predicted octanol–water partition coefficient (Wildman–Crippen LogP) is 2.77. The van der Waals surface area contributed by atoms with Gasteiger partial charge in [-0.2, -0.15) is 0 Å². The summed E-state index contributed by atoms with van der Waals surface area (Å²) in [4.78, 5) is 21.9. The Bertz CT molecular complexity index is 935. The summed E-state index contributed by atoms with van der Waals surface area (Å²) in [5.41, 5.74) is 2.61. The summed E-state index contributed by atoms with van der Waals surface area (Å²) in [5.74, 6) is 3.39. The van der Waals surface area contributed by atoms with Crippen LogP contribution < -0.4 is 5.32 Å². The Kier molecular flexibility index (Phi) is 5.45. The second-order valence-electron chi connectivity index (χ2n) is 8.00. The first-order chi connectivity index (χ1) is 13.5. The van der Waals surface area contributed by atoms with E-state index >= 15 is 0 Å². The quantitative estimate of drug-likeness (QED) is 0.551. The highest BCUT2D eigenvalue weighted by atomic mass is 32.3. The van der Waals surface area contributed by atoms with Crippen LogP contribution in [0.5, 0.6) is 0 Å². The van der Waals surface area contributed by atoms with Gasteiger partial charge in [0.1, 0.15) is 25.2 Å². The van der Waals surface area contributed by atoms with Gasteiger partial charge < -0.3 is 10.1 Å². The summed E-state index contributed by atoms with van der Waals surface area (Å²) in [5, 5.41) is 3.35. The van der Waals surface area contributed by atoms with E-state index in [-0.39, 0.29) is 0 Å². The van der Waals surface area contributed by atoms with Gasteiger partial charge in [0.2, 0.25) is 0 Å².